The van der Waals surface area contributed by atoms with Crippen LogP contribution < -0.4 is 5.32 Å². The first kappa shape index (κ1) is 18.9. The smallest absolute Gasteiger partial charge is 0.354 e. The van der Waals surface area contributed by atoms with Gasteiger partial charge in [-0.05, 0) is 31.6 Å². The van der Waals surface area contributed by atoms with E-state index < -0.39 is 30.0 Å². The summed E-state index contributed by atoms with van der Waals surface area (Å²) in [5.74, 6) is -1.31. The maximum Gasteiger partial charge on any atom is 0.354 e. The molecule has 4 atom stereocenters. The molecular formula is C21H23NO6. The maximum atomic E-state index is 12.7. The summed E-state index contributed by atoms with van der Waals surface area (Å²) in [5.41, 5.74) is 1.69. The molecule has 1 aromatic carbocycles. The number of cyclic esters (lactones) is 1. The van der Waals surface area contributed by atoms with Crippen molar-refractivity contribution in [3.05, 3.63) is 53.7 Å². The monoisotopic (exact) mass is 385 g/mol. The zero-order valence-corrected chi connectivity index (χ0v) is 16.0. The van der Waals surface area contributed by atoms with E-state index in [0.29, 0.717) is 17.9 Å². The molecule has 7 heteroatoms. The molecule has 0 unspecified atom stereocenters. The fraction of sp³-hybridized carbons (Fsp3) is 0.429. The Morgan fingerprint density at radius 1 is 1.14 bits per heavy atom. The SMILES string of the molecule is CO[C@@H]1C(=O)C(c2ccccc2)=C[C@H]1NC1=C[C@@H]([C@@H]2COC(C)(C)O2)OC1=O. The number of esters is 1. The summed E-state index contributed by atoms with van der Waals surface area (Å²) in [6, 6.07) is 8.91. The third-order valence-electron chi connectivity index (χ3n) is 5.05. The summed E-state index contributed by atoms with van der Waals surface area (Å²) in [5, 5.41) is 3.10. The van der Waals surface area contributed by atoms with Gasteiger partial charge in [0.2, 0.25) is 0 Å². The topological polar surface area (TPSA) is 83.1 Å². The lowest BCUT2D eigenvalue weighted by atomic mass is 10.0. The van der Waals surface area contributed by atoms with Crippen LogP contribution in [-0.4, -0.2) is 55.6 Å². The van der Waals surface area contributed by atoms with Gasteiger partial charge in [-0.3, -0.25) is 4.79 Å². The van der Waals surface area contributed by atoms with E-state index in [0.717, 1.165) is 5.56 Å². The predicted molar refractivity (Wildman–Crippen MR) is 100 cm³/mol. The minimum absolute atomic E-state index is 0.121. The van der Waals surface area contributed by atoms with Crippen LogP contribution in [-0.2, 0) is 28.5 Å². The Morgan fingerprint density at radius 2 is 1.89 bits per heavy atom. The molecule has 1 fully saturated rings. The van der Waals surface area contributed by atoms with Gasteiger partial charge in [-0.1, -0.05) is 30.3 Å². The van der Waals surface area contributed by atoms with Gasteiger partial charge in [-0.25, -0.2) is 4.79 Å². The van der Waals surface area contributed by atoms with Gasteiger partial charge in [0, 0.05) is 12.7 Å². The summed E-state index contributed by atoms with van der Waals surface area (Å²) >= 11 is 0. The van der Waals surface area contributed by atoms with Crippen LogP contribution in [0.5, 0.6) is 0 Å². The molecule has 3 aliphatic rings. The molecule has 0 saturated carbocycles. The highest BCUT2D eigenvalue weighted by atomic mass is 16.8. The summed E-state index contributed by atoms with van der Waals surface area (Å²) in [4.78, 5) is 25.1. The molecule has 0 aromatic heterocycles. The number of carbonyl (C=O) groups is 2. The molecule has 4 rings (SSSR count). The van der Waals surface area contributed by atoms with Gasteiger partial charge in [-0.15, -0.1) is 0 Å². The van der Waals surface area contributed by atoms with Crippen molar-refractivity contribution in [2.45, 2.75) is 44.0 Å². The molecule has 7 nitrogen and oxygen atoms in total. The summed E-state index contributed by atoms with van der Waals surface area (Å²) in [6.07, 6.45) is 1.87. The zero-order valence-electron chi connectivity index (χ0n) is 16.0. The van der Waals surface area contributed by atoms with Crippen molar-refractivity contribution in [1.29, 1.82) is 0 Å². The number of nitrogens with one attached hydrogen (secondary N) is 1. The molecule has 28 heavy (non-hydrogen) atoms. The van der Waals surface area contributed by atoms with Crippen molar-refractivity contribution in [1.82, 2.24) is 5.32 Å². The first-order valence-electron chi connectivity index (χ1n) is 9.23. The van der Waals surface area contributed by atoms with Gasteiger partial charge in [0.15, 0.2) is 17.7 Å². The number of benzene rings is 1. The number of hydrogen-bond donors (Lipinski definition) is 1. The van der Waals surface area contributed by atoms with E-state index in [2.05, 4.69) is 5.32 Å². The van der Waals surface area contributed by atoms with Crippen LogP contribution in [0.15, 0.2) is 48.2 Å². The number of carbonyl (C=O) groups excluding carboxylic acids is 2. The van der Waals surface area contributed by atoms with Crippen molar-refractivity contribution in [3.63, 3.8) is 0 Å². The fourth-order valence-electron chi connectivity index (χ4n) is 3.69. The maximum absolute atomic E-state index is 12.7. The highest BCUT2D eigenvalue weighted by Crippen LogP contribution is 2.30. The van der Waals surface area contributed by atoms with Crippen LogP contribution in [0.2, 0.25) is 0 Å². The lowest BCUT2D eigenvalue weighted by molar-refractivity contribution is -0.160. The number of ether oxygens (including phenoxy) is 4. The molecule has 0 spiro atoms. The van der Waals surface area contributed by atoms with Crippen LogP contribution in [0.3, 0.4) is 0 Å². The summed E-state index contributed by atoms with van der Waals surface area (Å²) in [7, 11) is 1.48. The van der Waals surface area contributed by atoms with E-state index in [1.54, 1.807) is 12.2 Å². The van der Waals surface area contributed by atoms with Gasteiger partial charge in [0.25, 0.3) is 0 Å². The van der Waals surface area contributed by atoms with Gasteiger partial charge in [0.1, 0.15) is 17.9 Å². The Bertz CT molecular complexity index is 844. The minimum atomic E-state index is -0.715. The molecule has 148 valence electrons. The predicted octanol–water partition coefficient (Wildman–Crippen LogP) is 1.59. The minimum Gasteiger partial charge on any atom is -0.450 e. The molecule has 1 N–H and O–H groups in total. The normalized spacial score (nSPS) is 31.5. The summed E-state index contributed by atoms with van der Waals surface area (Å²) in [6.45, 7) is 3.97. The second kappa shape index (κ2) is 7.16. The Kier molecular flexibility index (Phi) is 4.82. The van der Waals surface area contributed by atoms with E-state index in [-0.39, 0.29) is 11.9 Å². The van der Waals surface area contributed by atoms with Crippen LogP contribution >= 0.6 is 0 Å². The van der Waals surface area contributed by atoms with Gasteiger partial charge in [-0.2, -0.15) is 0 Å². The number of ketones is 1. The number of methoxy groups -OCH3 is 1. The van der Waals surface area contributed by atoms with E-state index in [1.165, 1.54) is 7.11 Å². The lowest BCUT2D eigenvalue weighted by Crippen LogP contribution is -2.40. The molecule has 1 aromatic rings. The van der Waals surface area contributed by atoms with Crippen LogP contribution in [0, 0.1) is 0 Å². The first-order chi connectivity index (χ1) is 13.4. The summed E-state index contributed by atoms with van der Waals surface area (Å²) < 4.78 is 22.1. The molecule has 2 aliphatic heterocycles. The van der Waals surface area contributed by atoms with Crippen molar-refractivity contribution >= 4 is 17.3 Å². The van der Waals surface area contributed by atoms with E-state index in [9.17, 15) is 9.59 Å². The van der Waals surface area contributed by atoms with Crippen molar-refractivity contribution in [3.8, 4) is 0 Å². The Morgan fingerprint density at radius 3 is 2.54 bits per heavy atom. The lowest BCUT2D eigenvalue weighted by Gasteiger charge is -2.19. The van der Waals surface area contributed by atoms with E-state index in [1.807, 2.05) is 44.2 Å². The first-order valence-corrected chi connectivity index (χ1v) is 9.23. The Balaban J connectivity index is 1.52. The number of hydrogen-bond acceptors (Lipinski definition) is 7. The zero-order chi connectivity index (χ0) is 19.9. The van der Waals surface area contributed by atoms with Crippen LogP contribution in [0.25, 0.3) is 5.57 Å². The Hall–Kier alpha value is -2.48. The van der Waals surface area contributed by atoms with Crippen molar-refractivity contribution in [2.75, 3.05) is 13.7 Å². The third kappa shape index (κ3) is 3.48. The van der Waals surface area contributed by atoms with Gasteiger partial charge >= 0.3 is 5.97 Å². The van der Waals surface area contributed by atoms with Crippen LogP contribution in [0.4, 0.5) is 0 Å². The second-order valence-electron chi connectivity index (χ2n) is 7.45. The molecule has 0 bridgehead atoms. The molecule has 2 heterocycles. The third-order valence-corrected chi connectivity index (χ3v) is 5.05. The highest BCUT2D eigenvalue weighted by Gasteiger charge is 2.43. The van der Waals surface area contributed by atoms with Crippen LogP contribution in [0.1, 0.15) is 19.4 Å². The van der Waals surface area contributed by atoms with E-state index >= 15 is 0 Å². The standard InChI is InChI=1S/C21H23NO6/c1-21(2)26-11-17(28-21)16-10-15(20(24)27-16)22-14-9-13(18(23)19(14)25-3)12-7-5-4-6-8-12/h4-10,14,16-17,19,22H,11H2,1-3H3/t14-,16+,17+,19+/m1/s1. The van der Waals surface area contributed by atoms with E-state index in [4.69, 9.17) is 18.9 Å². The quantitative estimate of drug-likeness (QED) is 0.771. The molecule has 0 radical (unpaired) electrons. The highest BCUT2D eigenvalue weighted by molar-refractivity contribution is 6.25. The second-order valence-corrected chi connectivity index (χ2v) is 7.45. The number of Topliss-reactive ketones (excluding diaryl/α,β-unsaturated/α-hetero) is 1. The van der Waals surface area contributed by atoms with Gasteiger partial charge in [0.05, 0.1) is 12.6 Å². The molecule has 1 saturated heterocycles. The average Bonchev–Trinajstić information content (AvgIpc) is 3.31. The largest absolute Gasteiger partial charge is 0.450 e. The van der Waals surface area contributed by atoms with Gasteiger partial charge < -0.3 is 24.3 Å². The molecule has 1 aliphatic carbocycles. The number of rotatable bonds is 5. The fourth-order valence-corrected chi connectivity index (χ4v) is 3.69. The Labute approximate surface area is 163 Å². The average molecular weight is 385 g/mol. The molecule has 0 amide bonds. The molecular weight excluding hydrogens is 362 g/mol. The van der Waals surface area contributed by atoms with Crippen molar-refractivity contribution < 1.29 is 28.5 Å². The van der Waals surface area contributed by atoms with Crippen molar-refractivity contribution in [2.24, 2.45) is 0 Å².